The van der Waals surface area contributed by atoms with Crippen molar-refractivity contribution in [2.24, 2.45) is 0 Å². The van der Waals surface area contributed by atoms with Crippen LogP contribution >= 0.6 is 12.2 Å². The molecular formula is C26H25N3O5S. The summed E-state index contributed by atoms with van der Waals surface area (Å²) in [4.78, 5) is 17.5. The predicted molar refractivity (Wildman–Crippen MR) is 138 cm³/mol. The van der Waals surface area contributed by atoms with Crippen LogP contribution in [0, 0.1) is 6.92 Å². The Balaban J connectivity index is 1.59. The molecule has 0 atom stereocenters. The molecule has 180 valence electrons. The smallest absolute Gasteiger partial charge is 0.264 e. The van der Waals surface area contributed by atoms with E-state index in [-0.39, 0.29) is 22.3 Å². The number of nitrogens with zero attached hydrogens (tertiary/aromatic N) is 1. The minimum atomic E-state index is -0.488. The number of anilines is 1. The van der Waals surface area contributed by atoms with Gasteiger partial charge in [-0.15, -0.1) is 0 Å². The number of hydrogen-bond acceptors (Lipinski definition) is 7. The van der Waals surface area contributed by atoms with Gasteiger partial charge in [0, 0.05) is 5.69 Å². The summed E-state index contributed by atoms with van der Waals surface area (Å²) in [5.41, 5.74) is 4.24. The van der Waals surface area contributed by atoms with E-state index in [0.717, 1.165) is 12.0 Å². The summed E-state index contributed by atoms with van der Waals surface area (Å²) in [5, 5.41) is 16.4. The monoisotopic (exact) mass is 491 g/mol. The molecule has 0 spiro atoms. The third kappa shape index (κ3) is 4.90. The van der Waals surface area contributed by atoms with Gasteiger partial charge >= 0.3 is 0 Å². The first-order chi connectivity index (χ1) is 16.8. The Kier molecular flexibility index (Phi) is 6.88. The predicted octanol–water partition coefficient (Wildman–Crippen LogP) is 5.22. The molecule has 9 heteroatoms. The number of thiocarbonyl (C=S) groups is 1. The third-order valence-corrected chi connectivity index (χ3v) is 5.74. The molecule has 1 aromatic heterocycles. The average Bonchev–Trinajstić information content (AvgIpc) is 3.28. The van der Waals surface area contributed by atoms with Crippen LogP contribution in [0.4, 0.5) is 5.69 Å². The maximum absolute atomic E-state index is 12.9. The lowest BCUT2D eigenvalue weighted by Gasteiger charge is -2.15. The van der Waals surface area contributed by atoms with Gasteiger partial charge in [0.2, 0.25) is 5.89 Å². The van der Waals surface area contributed by atoms with Crippen molar-refractivity contribution < 1.29 is 23.8 Å². The Morgan fingerprint density at radius 2 is 1.83 bits per heavy atom. The second-order valence-corrected chi connectivity index (χ2v) is 8.22. The second kappa shape index (κ2) is 10.0. The molecule has 4 aromatic rings. The molecule has 1 amide bonds. The van der Waals surface area contributed by atoms with E-state index in [4.69, 9.17) is 26.1 Å². The van der Waals surface area contributed by atoms with Gasteiger partial charge in [0.25, 0.3) is 5.91 Å². The molecule has 35 heavy (non-hydrogen) atoms. The highest BCUT2D eigenvalue weighted by Crippen LogP contribution is 2.36. The molecule has 0 unspecified atom stereocenters. The molecular weight excluding hydrogens is 466 g/mol. The van der Waals surface area contributed by atoms with Crippen molar-refractivity contribution in [3.63, 3.8) is 0 Å². The van der Waals surface area contributed by atoms with Crippen molar-refractivity contribution in [3.8, 4) is 28.7 Å². The van der Waals surface area contributed by atoms with Gasteiger partial charge < -0.3 is 24.3 Å². The van der Waals surface area contributed by atoms with E-state index in [9.17, 15) is 9.90 Å². The summed E-state index contributed by atoms with van der Waals surface area (Å²) in [7, 11) is 2.94. The first-order valence-corrected chi connectivity index (χ1v) is 11.3. The van der Waals surface area contributed by atoms with Crippen molar-refractivity contribution in [1.29, 1.82) is 0 Å². The molecule has 0 aliphatic rings. The van der Waals surface area contributed by atoms with E-state index >= 15 is 0 Å². The number of fused-ring (bicyclic) bond motifs is 1. The van der Waals surface area contributed by atoms with Crippen LogP contribution in [0.5, 0.6) is 17.2 Å². The number of rotatable bonds is 6. The SMILES string of the molecule is CCc1ccc2oc(-c3cc(NC(=S)NC(=O)c4c(OC)cccc4OC)cc(C)c3O)nc2c1. The van der Waals surface area contributed by atoms with Gasteiger partial charge in [0.05, 0.1) is 19.8 Å². The number of aromatic hydroxyl groups is 1. The van der Waals surface area contributed by atoms with Gasteiger partial charge in [-0.3, -0.25) is 10.1 Å². The Morgan fingerprint density at radius 3 is 2.49 bits per heavy atom. The van der Waals surface area contributed by atoms with Crippen molar-refractivity contribution in [1.82, 2.24) is 10.3 Å². The highest BCUT2D eigenvalue weighted by molar-refractivity contribution is 7.80. The van der Waals surface area contributed by atoms with Crippen LogP contribution in [0.1, 0.15) is 28.4 Å². The number of oxazole rings is 1. The molecule has 0 saturated carbocycles. The van der Waals surface area contributed by atoms with Crippen LogP contribution in [0.2, 0.25) is 0 Å². The molecule has 1 heterocycles. The first-order valence-electron chi connectivity index (χ1n) is 10.9. The molecule has 0 saturated heterocycles. The van der Waals surface area contributed by atoms with Crippen molar-refractivity contribution >= 4 is 40.0 Å². The topological polar surface area (TPSA) is 106 Å². The van der Waals surface area contributed by atoms with Gasteiger partial charge in [-0.2, -0.15) is 0 Å². The number of aryl methyl sites for hydroxylation is 2. The molecule has 8 nitrogen and oxygen atoms in total. The van der Waals surface area contributed by atoms with Gasteiger partial charge in [-0.05, 0) is 73.1 Å². The number of phenolic OH excluding ortho intramolecular Hbond substituents is 1. The number of nitrogens with one attached hydrogen (secondary N) is 2. The third-order valence-electron chi connectivity index (χ3n) is 5.53. The van der Waals surface area contributed by atoms with Crippen molar-refractivity contribution in [2.75, 3.05) is 19.5 Å². The number of ether oxygens (including phenoxy) is 2. The Labute approximate surface area is 207 Å². The van der Waals surface area contributed by atoms with Crippen molar-refractivity contribution in [3.05, 3.63) is 65.2 Å². The number of carbonyl (C=O) groups excluding carboxylic acids is 1. The first kappa shape index (κ1) is 24.0. The fourth-order valence-corrected chi connectivity index (χ4v) is 3.94. The standard InChI is InChI=1S/C26H25N3O5S/c1-5-15-9-10-19-18(12-15)28-25(34-19)17-13-16(11-14(2)23(17)30)27-26(35)29-24(31)22-20(32-3)7-6-8-21(22)33-4/h6-13,30H,5H2,1-4H3,(H2,27,29,31,35). The maximum Gasteiger partial charge on any atom is 0.264 e. The Morgan fingerprint density at radius 1 is 1.11 bits per heavy atom. The van der Waals surface area contributed by atoms with Crippen LogP contribution in [0.25, 0.3) is 22.6 Å². The fourth-order valence-electron chi connectivity index (χ4n) is 3.73. The van der Waals surface area contributed by atoms with Gasteiger partial charge in [-0.1, -0.05) is 19.1 Å². The molecule has 0 aliphatic carbocycles. The summed E-state index contributed by atoms with van der Waals surface area (Å²) < 4.78 is 16.5. The van der Waals surface area contributed by atoms with E-state index in [0.29, 0.717) is 39.4 Å². The normalized spacial score (nSPS) is 10.7. The van der Waals surface area contributed by atoms with Gasteiger partial charge in [-0.25, -0.2) is 4.98 Å². The number of methoxy groups -OCH3 is 2. The van der Waals surface area contributed by atoms with Crippen LogP contribution in [-0.4, -0.2) is 35.3 Å². The highest BCUT2D eigenvalue weighted by atomic mass is 32.1. The zero-order valence-corrected chi connectivity index (χ0v) is 20.6. The number of carbonyl (C=O) groups is 1. The van der Waals surface area contributed by atoms with Crippen LogP contribution in [0.15, 0.2) is 52.9 Å². The summed E-state index contributed by atoms with van der Waals surface area (Å²) in [6.07, 6.45) is 0.881. The minimum Gasteiger partial charge on any atom is -0.507 e. The molecule has 0 aliphatic heterocycles. The summed E-state index contributed by atoms with van der Waals surface area (Å²) in [5.74, 6) is 0.556. The lowest BCUT2D eigenvalue weighted by molar-refractivity contribution is 0.0971. The van der Waals surface area contributed by atoms with E-state index in [2.05, 4.69) is 22.5 Å². The second-order valence-electron chi connectivity index (χ2n) is 7.81. The van der Waals surface area contributed by atoms with E-state index in [1.807, 2.05) is 18.2 Å². The van der Waals surface area contributed by atoms with Gasteiger partial charge in [0.1, 0.15) is 28.3 Å². The molecule has 4 rings (SSSR count). The van der Waals surface area contributed by atoms with Gasteiger partial charge in [0.15, 0.2) is 10.7 Å². The number of amides is 1. The zero-order valence-electron chi connectivity index (χ0n) is 19.8. The summed E-state index contributed by atoms with van der Waals surface area (Å²) in [6.45, 7) is 3.82. The zero-order chi connectivity index (χ0) is 25.1. The van der Waals surface area contributed by atoms with Crippen LogP contribution in [0.3, 0.4) is 0 Å². The van der Waals surface area contributed by atoms with Crippen molar-refractivity contribution in [2.45, 2.75) is 20.3 Å². The molecule has 0 radical (unpaired) electrons. The largest absolute Gasteiger partial charge is 0.507 e. The highest BCUT2D eigenvalue weighted by Gasteiger charge is 2.20. The van der Waals surface area contributed by atoms with E-state index in [1.165, 1.54) is 14.2 Å². The molecule has 0 fully saturated rings. The number of benzene rings is 3. The number of hydrogen-bond donors (Lipinski definition) is 3. The lowest BCUT2D eigenvalue weighted by Crippen LogP contribution is -2.34. The average molecular weight is 492 g/mol. The molecule has 0 bridgehead atoms. The van der Waals surface area contributed by atoms with E-state index < -0.39 is 5.91 Å². The van der Waals surface area contributed by atoms with E-state index in [1.54, 1.807) is 37.3 Å². The Hall–Kier alpha value is -4.11. The van der Waals surface area contributed by atoms with Crippen LogP contribution < -0.4 is 20.1 Å². The number of phenols is 1. The lowest BCUT2D eigenvalue weighted by atomic mass is 10.1. The fraction of sp³-hybridized carbons (Fsp3) is 0.192. The Bertz CT molecular complexity index is 1410. The molecule has 3 N–H and O–H groups in total. The quantitative estimate of drug-likeness (QED) is 0.249. The minimum absolute atomic E-state index is 0.0477. The number of aromatic nitrogens is 1. The summed E-state index contributed by atoms with van der Waals surface area (Å²) >= 11 is 5.36. The summed E-state index contributed by atoms with van der Waals surface area (Å²) in [6, 6.07) is 14.2. The maximum atomic E-state index is 12.9. The molecule has 3 aromatic carbocycles. The van der Waals surface area contributed by atoms with Crippen LogP contribution in [-0.2, 0) is 6.42 Å².